The van der Waals surface area contributed by atoms with E-state index in [0.717, 1.165) is 18.2 Å². The molecule has 0 aliphatic carbocycles. The fraction of sp³-hybridized carbons (Fsp3) is 0. The van der Waals surface area contributed by atoms with Crippen molar-refractivity contribution in [2.75, 3.05) is 0 Å². The minimum Gasteiger partial charge on any atom is -0.505 e. The minimum absolute atomic E-state index is 0.283. The van der Waals surface area contributed by atoms with Crippen LogP contribution >= 0.6 is 0 Å². The van der Waals surface area contributed by atoms with Gasteiger partial charge >= 0.3 is 11.9 Å². The SMILES string of the molecule is O=C(O)c1cc(/N=N/c2c(C(=O)O)n[nH]c2O)ccc1/N=N/c1c(S(=O)(=O)O)cc2cc(S(=O)(=O)O)c(/N=N/c3ccc([N+](=O)[O-])cc3S(=O)(=O)O)c(O)c2c1O. The van der Waals surface area contributed by atoms with Crippen LogP contribution in [0, 0.1) is 10.1 Å². The molecular formula is C27H17N9O18S3. The summed E-state index contributed by atoms with van der Waals surface area (Å²) in [6, 6.07) is 5.28. The number of aromatic carboxylic acids is 2. The number of rotatable bonds is 12. The van der Waals surface area contributed by atoms with Crippen LogP contribution in [0.5, 0.6) is 17.4 Å². The van der Waals surface area contributed by atoms with E-state index in [4.69, 9.17) is 5.11 Å². The predicted octanol–water partition coefficient (Wildman–Crippen LogP) is 4.97. The molecule has 27 nitrogen and oxygen atoms in total. The molecule has 0 unspecified atom stereocenters. The Hall–Kier alpha value is -7.38. The zero-order valence-electron chi connectivity index (χ0n) is 27.1. The predicted molar refractivity (Wildman–Crippen MR) is 183 cm³/mol. The second-order valence-electron chi connectivity index (χ2n) is 10.8. The van der Waals surface area contributed by atoms with Crippen molar-refractivity contribution in [1.29, 1.82) is 0 Å². The highest BCUT2D eigenvalue weighted by Crippen LogP contribution is 2.50. The molecule has 0 bridgehead atoms. The molecule has 9 N–H and O–H groups in total. The van der Waals surface area contributed by atoms with Gasteiger partial charge in [0.1, 0.15) is 37.4 Å². The number of phenols is 2. The van der Waals surface area contributed by atoms with Crippen molar-refractivity contribution in [3.63, 3.8) is 0 Å². The number of aromatic amines is 1. The molecule has 0 fully saturated rings. The van der Waals surface area contributed by atoms with Gasteiger partial charge in [0.15, 0.2) is 17.2 Å². The summed E-state index contributed by atoms with van der Waals surface area (Å²) in [6.45, 7) is 0. The van der Waals surface area contributed by atoms with Gasteiger partial charge < -0.3 is 25.5 Å². The lowest BCUT2D eigenvalue weighted by atomic mass is 10.1. The molecule has 0 amide bonds. The number of nitro groups is 1. The van der Waals surface area contributed by atoms with Crippen LogP contribution in [0.25, 0.3) is 10.8 Å². The first-order valence-corrected chi connectivity index (χ1v) is 18.6. The number of benzene rings is 4. The average Bonchev–Trinajstić information content (AvgIpc) is 3.48. The molecule has 57 heavy (non-hydrogen) atoms. The maximum Gasteiger partial charge on any atom is 0.358 e. The minimum atomic E-state index is -5.49. The molecule has 4 aromatic carbocycles. The Morgan fingerprint density at radius 3 is 1.65 bits per heavy atom. The molecule has 0 atom stereocenters. The van der Waals surface area contributed by atoms with Crippen LogP contribution in [0.1, 0.15) is 20.8 Å². The fourth-order valence-corrected chi connectivity index (χ4v) is 6.64. The Morgan fingerprint density at radius 1 is 0.649 bits per heavy atom. The molecule has 1 heterocycles. The van der Waals surface area contributed by atoms with Crippen molar-refractivity contribution in [3.05, 3.63) is 69.9 Å². The van der Waals surface area contributed by atoms with Crippen molar-refractivity contribution < 1.29 is 79.0 Å². The number of hydrogen-bond acceptors (Lipinski definition) is 20. The van der Waals surface area contributed by atoms with E-state index in [0.29, 0.717) is 30.3 Å². The summed E-state index contributed by atoms with van der Waals surface area (Å²) in [6.07, 6.45) is 0. The van der Waals surface area contributed by atoms with Gasteiger partial charge in [-0.2, -0.15) is 35.5 Å². The third-order valence-electron chi connectivity index (χ3n) is 7.16. The number of carbonyl (C=O) groups is 2. The number of nitrogens with one attached hydrogen (secondary N) is 1. The summed E-state index contributed by atoms with van der Waals surface area (Å²) in [5, 5.41) is 86.8. The molecular weight excluding hydrogens is 835 g/mol. The van der Waals surface area contributed by atoms with Gasteiger partial charge in [-0.05, 0) is 41.8 Å². The molecule has 0 saturated heterocycles. The number of fused-ring (bicyclic) bond motifs is 1. The number of aromatic hydroxyl groups is 3. The van der Waals surface area contributed by atoms with Crippen molar-refractivity contribution in [3.8, 4) is 17.4 Å². The maximum absolute atomic E-state index is 12.4. The van der Waals surface area contributed by atoms with E-state index in [1.807, 2.05) is 5.10 Å². The highest BCUT2D eigenvalue weighted by Gasteiger charge is 2.30. The lowest BCUT2D eigenvalue weighted by Crippen LogP contribution is -2.02. The number of non-ortho nitro benzene ring substituents is 1. The van der Waals surface area contributed by atoms with Gasteiger partial charge in [-0.1, -0.05) is 0 Å². The first kappa shape index (κ1) is 40.8. The van der Waals surface area contributed by atoms with E-state index in [-0.39, 0.29) is 5.69 Å². The Morgan fingerprint density at radius 2 is 1.16 bits per heavy atom. The molecule has 5 aromatic rings. The van der Waals surface area contributed by atoms with Gasteiger partial charge in [0.2, 0.25) is 11.6 Å². The van der Waals surface area contributed by atoms with Gasteiger partial charge in [0.05, 0.1) is 21.6 Å². The van der Waals surface area contributed by atoms with E-state index in [2.05, 4.69) is 35.8 Å². The quantitative estimate of drug-likeness (QED) is 0.0346. The highest BCUT2D eigenvalue weighted by molar-refractivity contribution is 7.86. The first-order valence-electron chi connectivity index (χ1n) is 14.3. The number of azo groups is 3. The second kappa shape index (κ2) is 14.7. The molecule has 30 heteroatoms. The van der Waals surface area contributed by atoms with Gasteiger partial charge in [0, 0.05) is 12.1 Å². The largest absolute Gasteiger partial charge is 0.505 e. The lowest BCUT2D eigenvalue weighted by Gasteiger charge is -2.13. The van der Waals surface area contributed by atoms with Crippen LogP contribution in [0.15, 0.2) is 93.9 Å². The third-order valence-corrected chi connectivity index (χ3v) is 9.77. The van der Waals surface area contributed by atoms with Gasteiger partial charge in [0.25, 0.3) is 36.0 Å². The summed E-state index contributed by atoms with van der Waals surface area (Å²) in [5.74, 6) is -6.97. The number of carboxylic acid groups (broad SMARTS) is 2. The summed E-state index contributed by atoms with van der Waals surface area (Å²) >= 11 is 0. The molecule has 0 aliphatic heterocycles. The van der Waals surface area contributed by atoms with Crippen LogP contribution < -0.4 is 0 Å². The molecule has 5 rings (SSSR count). The number of carboxylic acids is 2. The van der Waals surface area contributed by atoms with Crippen LogP contribution in [0.2, 0.25) is 0 Å². The second-order valence-corrected chi connectivity index (χ2v) is 14.9. The van der Waals surface area contributed by atoms with E-state index in [9.17, 15) is 79.0 Å². The van der Waals surface area contributed by atoms with Crippen LogP contribution in [-0.2, 0) is 30.4 Å². The molecule has 0 spiro atoms. The maximum atomic E-state index is 12.4. The lowest BCUT2D eigenvalue weighted by molar-refractivity contribution is -0.385. The third kappa shape index (κ3) is 8.33. The normalized spacial score (nSPS) is 12.6. The summed E-state index contributed by atoms with van der Waals surface area (Å²) in [4.78, 5) is 29.5. The molecule has 1 aromatic heterocycles. The smallest absolute Gasteiger partial charge is 0.358 e. The number of phenolic OH excluding ortho intramolecular Hbond substituents is 2. The van der Waals surface area contributed by atoms with Crippen molar-refractivity contribution in [2.24, 2.45) is 30.7 Å². The zero-order chi connectivity index (χ0) is 42.4. The standard InChI is InChI=1S/C27H17N9O18S3/c37-23-18-9(6-17(57(52,53)54)20(24(18)38)32-30-14-4-2-11(36(44)45)8-15(14)55(46,47)48)5-16(56(49,50)51)19(23)31-29-13-3-1-10(7-12(13)26(40)41)28-33-21-22(27(42)43)34-35-25(21)39/h1-8,37-38H,(H,40,41)(H,42,43)(H2,34,35,39)(H,46,47,48)(H,49,50,51)(H,52,53,54)/b31-29+,32-30+,33-28+. The summed E-state index contributed by atoms with van der Waals surface area (Å²) in [5.41, 5.74) is -7.22. The average molecular weight is 852 g/mol. The molecule has 0 aliphatic rings. The summed E-state index contributed by atoms with van der Waals surface area (Å²) < 4.78 is 103. The topological polar surface area (TPSA) is 444 Å². The Bertz CT molecular complexity index is 3020. The zero-order valence-corrected chi connectivity index (χ0v) is 29.5. The van der Waals surface area contributed by atoms with Gasteiger partial charge in [-0.3, -0.25) is 23.8 Å². The van der Waals surface area contributed by atoms with Crippen molar-refractivity contribution in [1.82, 2.24) is 10.2 Å². The highest BCUT2D eigenvalue weighted by atomic mass is 32.2. The van der Waals surface area contributed by atoms with Gasteiger partial charge in [-0.25, -0.2) is 14.7 Å². The van der Waals surface area contributed by atoms with E-state index in [1.54, 1.807) is 0 Å². The van der Waals surface area contributed by atoms with Crippen LogP contribution in [0.3, 0.4) is 0 Å². The summed E-state index contributed by atoms with van der Waals surface area (Å²) in [7, 11) is -16.2. The van der Waals surface area contributed by atoms with Crippen LogP contribution in [0.4, 0.5) is 39.8 Å². The number of hydrogen-bond donors (Lipinski definition) is 9. The van der Waals surface area contributed by atoms with Crippen LogP contribution in [-0.4, -0.2) is 91.5 Å². The number of aromatic nitrogens is 2. The monoisotopic (exact) mass is 851 g/mol. The van der Waals surface area contributed by atoms with Crippen molar-refractivity contribution in [2.45, 2.75) is 14.7 Å². The van der Waals surface area contributed by atoms with E-state index in [1.165, 1.54) is 0 Å². The Labute approximate surface area is 314 Å². The first-order chi connectivity index (χ1) is 26.4. The number of nitrogens with zero attached hydrogens (tertiary/aromatic N) is 8. The molecule has 0 radical (unpaired) electrons. The Kier molecular flexibility index (Phi) is 10.5. The Balaban J connectivity index is 1.69. The number of H-pyrrole nitrogens is 1. The molecule has 0 saturated carbocycles. The van der Waals surface area contributed by atoms with Gasteiger partial charge in [-0.15, -0.1) is 25.6 Å². The van der Waals surface area contributed by atoms with E-state index >= 15 is 0 Å². The fourth-order valence-electron chi connectivity index (χ4n) is 4.68. The van der Waals surface area contributed by atoms with E-state index < -0.39 is 135 Å². The molecule has 296 valence electrons. The van der Waals surface area contributed by atoms with Crippen molar-refractivity contribution >= 4 is 92.9 Å². The number of nitro benzene ring substituents is 1.